The van der Waals surface area contributed by atoms with Gasteiger partial charge in [0.2, 0.25) is 5.95 Å². The van der Waals surface area contributed by atoms with Gasteiger partial charge in [-0.15, -0.1) is 11.3 Å². The van der Waals surface area contributed by atoms with Crippen molar-refractivity contribution in [1.29, 1.82) is 0 Å². The van der Waals surface area contributed by atoms with Gasteiger partial charge in [-0.3, -0.25) is 0 Å². The van der Waals surface area contributed by atoms with Gasteiger partial charge in [-0.25, -0.2) is 4.98 Å². The Kier molecular flexibility index (Phi) is 3.40. The minimum Gasteiger partial charge on any atom is -0.368 e. The maximum Gasteiger partial charge on any atom is 0.222 e. The fraction of sp³-hybridized carbons (Fsp3) is 0.200. The summed E-state index contributed by atoms with van der Waals surface area (Å²) in [6, 6.07) is 3.90. The number of nitrogen functional groups attached to an aromatic ring is 1. The van der Waals surface area contributed by atoms with Crippen LogP contribution in [0.2, 0.25) is 0 Å². The largest absolute Gasteiger partial charge is 0.368 e. The first-order valence-corrected chi connectivity index (χ1v) is 6.39. The molecule has 3 N–H and O–H groups in total. The van der Waals surface area contributed by atoms with Crippen LogP contribution >= 0.6 is 27.3 Å². The Morgan fingerprint density at radius 1 is 1.50 bits per heavy atom. The summed E-state index contributed by atoms with van der Waals surface area (Å²) in [4.78, 5) is 9.36. The zero-order chi connectivity index (χ0) is 11.5. The average Bonchev–Trinajstić information content (AvgIpc) is 2.59. The number of nitrogens with two attached hydrogens (primary N) is 1. The number of nitrogens with zero attached hydrogens (tertiary/aromatic N) is 2. The number of anilines is 2. The highest BCUT2D eigenvalue weighted by molar-refractivity contribution is 9.10. The predicted octanol–water partition coefficient (Wildman–Crippen LogP) is 2.80. The van der Waals surface area contributed by atoms with Gasteiger partial charge in [0.25, 0.3) is 0 Å². The standard InChI is InChI=1S/C10H11BrN4S/c1-6-4-9(15-10(12)14-6)13-5-8-7(11)2-3-16-8/h2-4H,5H2,1H3,(H3,12,13,14,15). The molecule has 0 aliphatic carbocycles. The molecule has 0 amide bonds. The minimum atomic E-state index is 0.299. The highest BCUT2D eigenvalue weighted by Gasteiger charge is 2.02. The highest BCUT2D eigenvalue weighted by Crippen LogP contribution is 2.23. The van der Waals surface area contributed by atoms with E-state index in [1.54, 1.807) is 11.3 Å². The lowest BCUT2D eigenvalue weighted by Crippen LogP contribution is -2.04. The summed E-state index contributed by atoms with van der Waals surface area (Å²) in [5.41, 5.74) is 6.43. The van der Waals surface area contributed by atoms with Crippen LogP contribution in [0.3, 0.4) is 0 Å². The van der Waals surface area contributed by atoms with Crippen LogP contribution in [0.5, 0.6) is 0 Å². The Balaban J connectivity index is 2.07. The first kappa shape index (κ1) is 11.3. The molecule has 0 aliphatic rings. The number of hydrogen-bond acceptors (Lipinski definition) is 5. The third kappa shape index (κ3) is 2.70. The first-order chi connectivity index (χ1) is 7.65. The van der Waals surface area contributed by atoms with Crippen LogP contribution < -0.4 is 11.1 Å². The average molecular weight is 299 g/mol. The Bertz CT molecular complexity index is 477. The second-order valence-electron chi connectivity index (χ2n) is 3.30. The Morgan fingerprint density at radius 3 is 2.94 bits per heavy atom. The van der Waals surface area contributed by atoms with E-state index >= 15 is 0 Å². The topological polar surface area (TPSA) is 63.8 Å². The molecule has 0 aliphatic heterocycles. The second kappa shape index (κ2) is 4.80. The zero-order valence-electron chi connectivity index (χ0n) is 8.70. The molecule has 2 heterocycles. The lowest BCUT2D eigenvalue weighted by molar-refractivity contribution is 1.07. The Hall–Kier alpha value is -1.14. The van der Waals surface area contributed by atoms with Gasteiger partial charge in [-0.1, -0.05) is 0 Å². The number of thiophene rings is 1. The van der Waals surface area contributed by atoms with Crippen molar-refractivity contribution >= 4 is 39.0 Å². The Labute approximate surface area is 106 Å². The third-order valence-corrected chi connectivity index (χ3v) is 3.92. The minimum absolute atomic E-state index is 0.299. The Morgan fingerprint density at radius 2 is 2.31 bits per heavy atom. The van der Waals surface area contributed by atoms with Crippen LogP contribution in [0.4, 0.5) is 11.8 Å². The van der Waals surface area contributed by atoms with Gasteiger partial charge in [0.1, 0.15) is 5.82 Å². The van der Waals surface area contributed by atoms with E-state index in [1.165, 1.54) is 4.88 Å². The molecule has 6 heteroatoms. The number of hydrogen-bond donors (Lipinski definition) is 2. The van der Waals surface area contributed by atoms with Crippen molar-refractivity contribution in [2.75, 3.05) is 11.1 Å². The summed E-state index contributed by atoms with van der Waals surface area (Å²) in [6.07, 6.45) is 0. The van der Waals surface area contributed by atoms with Crippen molar-refractivity contribution in [3.63, 3.8) is 0 Å². The lowest BCUT2D eigenvalue weighted by atomic mass is 10.4. The van der Waals surface area contributed by atoms with Crippen molar-refractivity contribution in [2.24, 2.45) is 0 Å². The van der Waals surface area contributed by atoms with E-state index in [4.69, 9.17) is 5.73 Å². The number of rotatable bonds is 3. The van der Waals surface area contributed by atoms with Crippen LogP contribution in [-0.2, 0) is 6.54 Å². The SMILES string of the molecule is Cc1cc(NCc2sccc2Br)nc(N)n1. The van der Waals surface area contributed by atoms with E-state index < -0.39 is 0 Å². The van der Waals surface area contributed by atoms with Crippen molar-refractivity contribution in [2.45, 2.75) is 13.5 Å². The van der Waals surface area contributed by atoms with Gasteiger partial charge in [-0.2, -0.15) is 4.98 Å². The van der Waals surface area contributed by atoms with Gasteiger partial charge in [-0.05, 0) is 34.3 Å². The molecule has 0 saturated heterocycles. The molecule has 0 bridgehead atoms. The molecule has 0 atom stereocenters. The van der Waals surface area contributed by atoms with Crippen molar-refractivity contribution in [3.05, 3.63) is 32.6 Å². The molecule has 0 aromatic carbocycles. The molecule has 2 aromatic rings. The summed E-state index contributed by atoms with van der Waals surface area (Å²) >= 11 is 5.17. The lowest BCUT2D eigenvalue weighted by Gasteiger charge is -2.05. The molecule has 0 fully saturated rings. The van der Waals surface area contributed by atoms with Gasteiger partial charge in [0.15, 0.2) is 0 Å². The molecule has 0 radical (unpaired) electrons. The number of halogens is 1. The van der Waals surface area contributed by atoms with Gasteiger partial charge < -0.3 is 11.1 Å². The van der Waals surface area contributed by atoms with Gasteiger partial charge in [0, 0.05) is 21.1 Å². The van der Waals surface area contributed by atoms with Crippen LogP contribution in [0.1, 0.15) is 10.6 Å². The van der Waals surface area contributed by atoms with E-state index in [2.05, 4.69) is 31.2 Å². The van der Waals surface area contributed by atoms with Crippen LogP contribution in [0.25, 0.3) is 0 Å². The van der Waals surface area contributed by atoms with E-state index in [-0.39, 0.29) is 0 Å². The molecule has 16 heavy (non-hydrogen) atoms. The van der Waals surface area contributed by atoms with Crippen LogP contribution in [0.15, 0.2) is 22.0 Å². The van der Waals surface area contributed by atoms with Crippen LogP contribution in [-0.4, -0.2) is 9.97 Å². The smallest absolute Gasteiger partial charge is 0.222 e. The summed E-state index contributed by atoms with van der Waals surface area (Å²) in [6.45, 7) is 2.62. The summed E-state index contributed by atoms with van der Waals surface area (Å²) in [5, 5.41) is 5.26. The number of aromatic nitrogens is 2. The van der Waals surface area contributed by atoms with Crippen molar-refractivity contribution in [3.8, 4) is 0 Å². The summed E-state index contributed by atoms with van der Waals surface area (Å²) < 4.78 is 1.11. The van der Waals surface area contributed by atoms with E-state index in [0.29, 0.717) is 5.95 Å². The summed E-state index contributed by atoms with van der Waals surface area (Å²) in [5.74, 6) is 1.05. The monoisotopic (exact) mass is 298 g/mol. The predicted molar refractivity (Wildman–Crippen MR) is 70.5 cm³/mol. The van der Waals surface area contributed by atoms with E-state index in [1.807, 2.05) is 24.4 Å². The van der Waals surface area contributed by atoms with Crippen molar-refractivity contribution < 1.29 is 0 Å². The number of nitrogens with one attached hydrogen (secondary N) is 1. The molecule has 2 aromatic heterocycles. The van der Waals surface area contributed by atoms with Gasteiger partial charge in [0.05, 0.1) is 6.54 Å². The second-order valence-corrected chi connectivity index (χ2v) is 5.15. The molecule has 0 spiro atoms. The number of aryl methyl sites for hydroxylation is 1. The van der Waals surface area contributed by atoms with E-state index in [0.717, 1.165) is 22.5 Å². The van der Waals surface area contributed by atoms with Crippen molar-refractivity contribution in [1.82, 2.24) is 9.97 Å². The maximum atomic E-state index is 5.57. The van der Waals surface area contributed by atoms with Crippen LogP contribution in [0, 0.1) is 6.92 Å². The quantitative estimate of drug-likeness (QED) is 0.914. The molecule has 84 valence electrons. The fourth-order valence-corrected chi connectivity index (χ4v) is 2.74. The molecule has 0 unspecified atom stereocenters. The zero-order valence-corrected chi connectivity index (χ0v) is 11.1. The van der Waals surface area contributed by atoms with E-state index in [9.17, 15) is 0 Å². The molecule has 2 rings (SSSR count). The molecule has 4 nitrogen and oxygen atoms in total. The third-order valence-electron chi connectivity index (χ3n) is 1.99. The molecular weight excluding hydrogens is 288 g/mol. The maximum absolute atomic E-state index is 5.57. The highest BCUT2D eigenvalue weighted by atomic mass is 79.9. The molecule has 0 saturated carbocycles. The fourth-order valence-electron chi connectivity index (χ4n) is 1.30. The molecular formula is C10H11BrN4S. The normalized spacial score (nSPS) is 10.4. The summed E-state index contributed by atoms with van der Waals surface area (Å²) in [7, 11) is 0. The van der Waals surface area contributed by atoms with Gasteiger partial charge >= 0.3 is 0 Å². The first-order valence-electron chi connectivity index (χ1n) is 4.72.